The van der Waals surface area contributed by atoms with Gasteiger partial charge in [0, 0.05) is 6.54 Å². The number of nitrogens with one attached hydrogen (secondary N) is 2. The van der Waals surface area contributed by atoms with Crippen LogP contribution in [0, 0.1) is 13.8 Å². The molecule has 78 valence electrons. The van der Waals surface area contributed by atoms with Crippen LogP contribution in [-0.4, -0.2) is 24.2 Å². The minimum atomic E-state index is 0.0916. The van der Waals surface area contributed by atoms with Gasteiger partial charge in [-0.05, 0) is 13.8 Å². The van der Waals surface area contributed by atoms with E-state index in [9.17, 15) is 0 Å². The van der Waals surface area contributed by atoms with Gasteiger partial charge in [0.1, 0.15) is 12.7 Å². The number of hydrogen-bond donors (Lipinski definition) is 2. The van der Waals surface area contributed by atoms with Crippen LogP contribution in [0.25, 0.3) is 0 Å². The Kier molecular flexibility index (Phi) is 2.66. The van der Waals surface area contributed by atoms with E-state index in [2.05, 4.69) is 19.5 Å². The molecule has 0 bridgehead atoms. The topological polar surface area (TPSA) is 46.3 Å². The molecule has 0 aromatic carbocycles. The maximum absolute atomic E-state index is 5.79. The van der Waals surface area contributed by atoms with Crippen LogP contribution in [0.2, 0.25) is 0 Å². The average Bonchev–Trinajstić information content (AvgIpc) is 2.43. The number of aromatic nitrogens is 1. The van der Waals surface area contributed by atoms with Gasteiger partial charge >= 0.3 is 0 Å². The molecule has 0 saturated heterocycles. The van der Waals surface area contributed by atoms with E-state index >= 15 is 0 Å². The molecule has 5 heteroatoms. The largest absolute Gasteiger partial charge is 0.484 e. The minimum Gasteiger partial charge on any atom is -0.484 e. The van der Waals surface area contributed by atoms with Crippen molar-refractivity contribution in [1.29, 1.82) is 0 Å². The molecular formula is C9H15N2O2P. The van der Waals surface area contributed by atoms with Crippen molar-refractivity contribution in [3.05, 3.63) is 11.4 Å². The van der Waals surface area contributed by atoms with Gasteiger partial charge in [-0.3, -0.25) is 5.09 Å². The van der Waals surface area contributed by atoms with Crippen molar-refractivity contribution in [2.45, 2.75) is 20.0 Å². The monoisotopic (exact) mass is 214 g/mol. The predicted molar refractivity (Wildman–Crippen MR) is 57.9 cm³/mol. The third kappa shape index (κ3) is 1.60. The van der Waals surface area contributed by atoms with E-state index in [0.29, 0.717) is 6.61 Å². The first kappa shape index (κ1) is 9.81. The first-order valence-corrected chi connectivity index (χ1v) is 5.22. The highest BCUT2D eigenvalue weighted by Gasteiger charge is 2.25. The van der Waals surface area contributed by atoms with Crippen molar-refractivity contribution >= 4 is 9.39 Å². The quantitative estimate of drug-likeness (QED) is 0.726. The van der Waals surface area contributed by atoms with Gasteiger partial charge in [-0.25, -0.2) is 0 Å². The summed E-state index contributed by atoms with van der Waals surface area (Å²) in [6, 6.07) is 0. The average molecular weight is 214 g/mol. The molecule has 0 saturated carbocycles. The second kappa shape index (κ2) is 3.79. The van der Waals surface area contributed by atoms with Crippen LogP contribution in [0.15, 0.2) is 0 Å². The van der Waals surface area contributed by atoms with E-state index in [-0.39, 0.29) is 6.10 Å². The van der Waals surface area contributed by atoms with Crippen molar-refractivity contribution in [1.82, 2.24) is 10.1 Å². The molecule has 14 heavy (non-hydrogen) atoms. The Morgan fingerprint density at radius 3 is 2.86 bits per heavy atom. The third-order valence-corrected chi connectivity index (χ3v) is 2.54. The Morgan fingerprint density at radius 2 is 2.14 bits per heavy atom. The van der Waals surface area contributed by atoms with Gasteiger partial charge in [0.25, 0.3) is 0 Å². The molecule has 2 atom stereocenters. The summed E-state index contributed by atoms with van der Waals surface area (Å²) in [5.41, 5.74) is 2.07. The maximum atomic E-state index is 5.79. The standard InChI is InChI=1S/C9H15N2O2P/c1-5-8-9(6(2)11-5)13-7(3-10-14)4-12-8/h7,10-11H,3-4,14H2,1-2H3. The molecule has 0 spiro atoms. The number of aromatic amines is 1. The summed E-state index contributed by atoms with van der Waals surface area (Å²) in [6.45, 7) is 5.36. The van der Waals surface area contributed by atoms with Gasteiger partial charge in [-0.2, -0.15) is 0 Å². The molecule has 1 aliphatic heterocycles. The molecular weight excluding hydrogens is 199 g/mol. The van der Waals surface area contributed by atoms with Crippen molar-refractivity contribution in [3.8, 4) is 11.5 Å². The molecule has 1 aromatic heterocycles. The smallest absolute Gasteiger partial charge is 0.182 e. The van der Waals surface area contributed by atoms with Gasteiger partial charge in [-0.1, -0.05) is 9.39 Å². The molecule has 2 unspecified atom stereocenters. The SMILES string of the molecule is Cc1[nH]c(C)c2c1OCC(CNP)O2. The molecule has 0 amide bonds. The van der Waals surface area contributed by atoms with Gasteiger partial charge in [0.15, 0.2) is 11.5 Å². The Morgan fingerprint density at radius 1 is 1.43 bits per heavy atom. The Bertz CT molecular complexity index is 338. The second-order valence-corrected chi connectivity index (χ2v) is 3.90. The summed E-state index contributed by atoms with van der Waals surface area (Å²) in [5.74, 6) is 1.72. The summed E-state index contributed by atoms with van der Waals surface area (Å²) < 4.78 is 11.4. The van der Waals surface area contributed by atoms with Gasteiger partial charge in [-0.15, -0.1) is 0 Å². The molecule has 0 fully saturated rings. The van der Waals surface area contributed by atoms with Crippen LogP contribution in [0.5, 0.6) is 11.5 Å². The van der Waals surface area contributed by atoms with Gasteiger partial charge in [0.05, 0.1) is 11.4 Å². The molecule has 1 aliphatic rings. The lowest BCUT2D eigenvalue weighted by atomic mass is 10.3. The Balaban J connectivity index is 2.21. The lowest BCUT2D eigenvalue weighted by molar-refractivity contribution is 0.0948. The zero-order chi connectivity index (χ0) is 10.1. The molecule has 0 aliphatic carbocycles. The lowest BCUT2D eigenvalue weighted by Gasteiger charge is -2.25. The number of rotatable bonds is 2. The molecule has 2 N–H and O–H groups in total. The van der Waals surface area contributed by atoms with Crippen molar-refractivity contribution in [3.63, 3.8) is 0 Å². The van der Waals surface area contributed by atoms with Crippen LogP contribution in [0.4, 0.5) is 0 Å². The van der Waals surface area contributed by atoms with Crippen molar-refractivity contribution in [2.24, 2.45) is 0 Å². The van der Waals surface area contributed by atoms with Crippen LogP contribution in [-0.2, 0) is 0 Å². The molecule has 2 heterocycles. The molecule has 4 nitrogen and oxygen atoms in total. The normalized spacial score (nSPS) is 19.8. The fourth-order valence-electron chi connectivity index (χ4n) is 1.66. The summed E-state index contributed by atoms with van der Waals surface area (Å²) in [4.78, 5) is 3.21. The predicted octanol–water partition coefficient (Wildman–Crippen LogP) is 1.15. The Labute approximate surface area is 85.6 Å². The van der Waals surface area contributed by atoms with E-state index < -0.39 is 0 Å². The fraction of sp³-hybridized carbons (Fsp3) is 0.556. The van der Waals surface area contributed by atoms with Gasteiger partial charge < -0.3 is 14.5 Å². The van der Waals surface area contributed by atoms with Crippen LogP contribution in [0.3, 0.4) is 0 Å². The fourth-order valence-corrected chi connectivity index (χ4v) is 1.92. The van der Waals surface area contributed by atoms with Crippen LogP contribution < -0.4 is 14.6 Å². The number of aryl methyl sites for hydroxylation is 2. The third-order valence-electron chi connectivity index (χ3n) is 2.31. The summed E-state index contributed by atoms with van der Waals surface area (Å²) in [6.07, 6.45) is 0.0916. The number of fused-ring (bicyclic) bond motifs is 1. The lowest BCUT2D eigenvalue weighted by Crippen LogP contribution is -2.35. The van der Waals surface area contributed by atoms with E-state index in [4.69, 9.17) is 9.47 Å². The van der Waals surface area contributed by atoms with Crippen LogP contribution in [0.1, 0.15) is 11.4 Å². The first-order valence-electron chi connectivity index (χ1n) is 4.64. The first-order chi connectivity index (χ1) is 6.72. The van der Waals surface area contributed by atoms with Crippen molar-refractivity contribution in [2.75, 3.05) is 13.2 Å². The van der Waals surface area contributed by atoms with E-state index in [1.807, 2.05) is 13.8 Å². The van der Waals surface area contributed by atoms with Crippen LogP contribution >= 0.6 is 9.39 Å². The molecule has 0 radical (unpaired) electrons. The van der Waals surface area contributed by atoms with E-state index in [0.717, 1.165) is 29.4 Å². The summed E-state index contributed by atoms with van der Waals surface area (Å²) >= 11 is 0. The zero-order valence-corrected chi connectivity index (χ0v) is 9.54. The highest BCUT2D eigenvalue weighted by atomic mass is 31.0. The number of hydrogen-bond acceptors (Lipinski definition) is 3. The van der Waals surface area contributed by atoms with Crippen molar-refractivity contribution < 1.29 is 9.47 Å². The summed E-state index contributed by atoms with van der Waals surface area (Å²) in [5, 5.41) is 3.00. The molecule has 1 aromatic rings. The van der Waals surface area contributed by atoms with Gasteiger partial charge in [0.2, 0.25) is 0 Å². The highest BCUT2D eigenvalue weighted by molar-refractivity contribution is 7.13. The Hall–Kier alpha value is -0.730. The maximum Gasteiger partial charge on any atom is 0.182 e. The molecule has 2 rings (SSSR count). The second-order valence-electron chi connectivity index (χ2n) is 3.49. The number of H-pyrrole nitrogens is 1. The number of ether oxygens (including phenoxy) is 2. The van der Waals surface area contributed by atoms with E-state index in [1.54, 1.807) is 0 Å². The summed E-state index contributed by atoms with van der Waals surface area (Å²) in [7, 11) is 2.46. The minimum absolute atomic E-state index is 0.0916. The van der Waals surface area contributed by atoms with E-state index in [1.165, 1.54) is 0 Å². The zero-order valence-electron chi connectivity index (χ0n) is 8.39. The highest BCUT2D eigenvalue weighted by Crippen LogP contribution is 2.37.